The molecule has 1 saturated heterocycles. The van der Waals surface area contributed by atoms with Crippen molar-refractivity contribution in [1.29, 1.82) is 0 Å². The number of hydrogen-bond acceptors (Lipinski definition) is 4. The van der Waals surface area contributed by atoms with E-state index in [1.165, 1.54) is 18.4 Å². The highest BCUT2D eigenvalue weighted by Crippen LogP contribution is 2.42. The van der Waals surface area contributed by atoms with Crippen LogP contribution in [-0.2, 0) is 10.2 Å². The molecular weight excluding hydrogens is 505 g/mol. The van der Waals surface area contributed by atoms with Gasteiger partial charge in [-0.25, -0.2) is 0 Å². The number of aliphatic imine (C=N–C) groups is 1. The van der Waals surface area contributed by atoms with E-state index >= 15 is 0 Å². The molecule has 1 saturated carbocycles. The Morgan fingerprint density at radius 3 is 2.61 bits per heavy atom. The number of halogens is 1. The van der Waals surface area contributed by atoms with Gasteiger partial charge in [-0.2, -0.15) is 0 Å². The summed E-state index contributed by atoms with van der Waals surface area (Å²) in [6.07, 6.45) is 6.78. The summed E-state index contributed by atoms with van der Waals surface area (Å²) in [5.41, 5.74) is 6.74. The van der Waals surface area contributed by atoms with Crippen LogP contribution in [0.5, 0.6) is 5.75 Å². The largest absolute Gasteiger partial charge is 0.497 e. The number of piperidine rings is 1. The molecule has 0 radical (unpaired) electrons. The lowest BCUT2D eigenvalue weighted by Gasteiger charge is -2.33. The highest BCUT2D eigenvalue weighted by molar-refractivity contribution is 14.0. The quantitative estimate of drug-likeness (QED) is 0.267. The number of methoxy groups -OCH3 is 1. The standard InChI is InChI=1S/C23H37N5O2.HI/c1-3-25-22(27-19-9-13-28(14-10-19)16-21(24)29)26-17-23(11-4-5-12-23)18-7-6-8-20(15-18)30-2;/h6-8,15,19H,3-5,9-14,16-17H2,1-2H3,(H2,24,29)(H2,25,26,27);1H. The van der Waals surface area contributed by atoms with Gasteiger partial charge in [0.2, 0.25) is 5.91 Å². The van der Waals surface area contributed by atoms with E-state index in [1.807, 2.05) is 6.07 Å². The molecule has 2 fully saturated rings. The molecule has 1 amide bonds. The second kappa shape index (κ2) is 12.5. The van der Waals surface area contributed by atoms with Crippen LogP contribution in [0.2, 0.25) is 0 Å². The van der Waals surface area contributed by atoms with Gasteiger partial charge in [0.05, 0.1) is 20.2 Å². The lowest BCUT2D eigenvalue weighted by atomic mass is 9.79. The third kappa shape index (κ3) is 7.24. The molecule has 1 aromatic rings. The summed E-state index contributed by atoms with van der Waals surface area (Å²) >= 11 is 0. The zero-order valence-corrected chi connectivity index (χ0v) is 21.2. The highest BCUT2D eigenvalue weighted by Gasteiger charge is 2.36. The Bertz CT molecular complexity index is 728. The minimum absolute atomic E-state index is 0. The third-order valence-corrected chi connectivity index (χ3v) is 6.43. The van der Waals surface area contributed by atoms with E-state index < -0.39 is 0 Å². The fourth-order valence-corrected chi connectivity index (χ4v) is 4.74. The van der Waals surface area contributed by atoms with E-state index in [4.69, 9.17) is 15.5 Å². The molecule has 1 aromatic carbocycles. The van der Waals surface area contributed by atoms with Crippen LogP contribution in [0.25, 0.3) is 0 Å². The molecule has 2 aliphatic rings. The zero-order valence-electron chi connectivity index (χ0n) is 18.9. The van der Waals surface area contributed by atoms with Crippen molar-refractivity contribution in [2.24, 2.45) is 10.7 Å². The molecule has 0 aromatic heterocycles. The lowest BCUT2D eigenvalue weighted by molar-refractivity contribution is -0.119. The van der Waals surface area contributed by atoms with Crippen LogP contribution < -0.4 is 21.1 Å². The Balaban J connectivity index is 0.00000341. The summed E-state index contributed by atoms with van der Waals surface area (Å²) in [5.74, 6) is 1.55. The Hall–Kier alpha value is -1.55. The van der Waals surface area contributed by atoms with E-state index in [0.717, 1.165) is 63.6 Å². The first-order chi connectivity index (χ1) is 14.5. The molecule has 174 valence electrons. The number of primary amides is 1. The number of rotatable bonds is 8. The fourth-order valence-electron chi connectivity index (χ4n) is 4.74. The van der Waals surface area contributed by atoms with Gasteiger partial charge in [-0.15, -0.1) is 24.0 Å². The predicted octanol–water partition coefficient (Wildman–Crippen LogP) is 2.63. The number of guanidine groups is 1. The number of nitrogens with one attached hydrogen (secondary N) is 2. The van der Waals surface area contributed by atoms with E-state index in [2.05, 4.69) is 40.7 Å². The average molecular weight is 543 g/mol. The van der Waals surface area contributed by atoms with Gasteiger partial charge < -0.3 is 21.1 Å². The SMILES string of the molecule is CCNC(=NCC1(c2cccc(OC)c2)CCCC1)NC1CCN(CC(N)=O)CC1.I. The Morgan fingerprint density at radius 1 is 1.29 bits per heavy atom. The predicted molar refractivity (Wildman–Crippen MR) is 136 cm³/mol. The molecule has 0 unspecified atom stereocenters. The van der Waals surface area contributed by atoms with Gasteiger partial charge in [-0.1, -0.05) is 25.0 Å². The molecule has 4 N–H and O–H groups in total. The highest BCUT2D eigenvalue weighted by atomic mass is 127. The number of nitrogens with zero attached hydrogens (tertiary/aromatic N) is 2. The summed E-state index contributed by atoms with van der Waals surface area (Å²) in [7, 11) is 1.72. The Labute approximate surface area is 203 Å². The third-order valence-electron chi connectivity index (χ3n) is 6.43. The van der Waals surface area contributed by atoms with Crippen LogP contribution in [-0.4, -0.2) is 62.6 Å². The molecule has 1 heterocycles. The van der Waals surface area contributed by atoms with Crippen LogP contribution in [0.3, 0.4) is 0 Å². The topological polar surface area (TPSA) is 92.0 Å². The van der Waals surface area contributed by atoms with Gasteiger partial charge >= 0.3 is 0 Å². The van der Waals surface area contributed by atoms with Crippen molar-refractivity contribution in [3.05, 3.63) is 29.8 Å². The minimum Gasteiger partial charge on any atom is -0.497 e. The van der Waals surface area contributed by atoms with Crippen LogP contribution in [0.4, 0.5) is 0 Å². The van der Waals surface area contributed by atoms with E-state index in [1.54, 1.807) is 7.11 Å². The number of likely N-dealkylation sites (tertiary alicyclic amines) is 1. The number of nitrogens with two attached hydrogens (primary N) is 1. The van der Waals surface area contributed by atoms with Crippen molar-refractivity contribution in [3.63, 3.8) is 0 Å². The van der Waals surface area contributed by atoms with Crippen molar-refractivity contribution in [2.75, 3.05) is 39.8 Å². The number of carbonyl (C=O) groups is 1. The van der Waals surface area contributed by atoms with Gasteiger partial charge in [0.1, 0.15) is 5.75 Å². The summed E-state index contributed by atoms with van der Waals surface area (Å²) in [6, 6.07) is 8.85. The maximum atomic E-state index is 11.1. The Kier molecular flexibility index (Phi) is 10.3. The second-order valence-corrected chi connectivity index (χ2v) is 8.58. The van der Waals surface area contributed by atoms with Crippen LogP contribution >= 0.6 is 24.0 Å². The number of benzene rings is 1. The number of carbonyl (C=O) groups excluding carboxylic acids is 1. The molecule has 1 aliphatic carbocycles. The van der Waals surface area contributed by atoms with Crippen molar-refractivity contribution >= 4 is 35.8 Å². The second-order valence-electron chi connectivity index (χ2n) is 8.58. The first-order valence-electron chi connectivity index (χ1n) is 11.2. The number of amides is 1. The van der Waals surface area contributed by atoms with Gasteiger partial charge in [0, 0.05) is 31.1 Å². The van der Waals surface area contributed by atoms with Gasteiger partial charge in [-0.3, -0.25) is 14.7 Å². The Morgan fingerprint density at radius 2 is 2.00 bits per heavy atom. The van der Waals surface area contributed by atoms with Gasteiger partial charge in [0.25, 0.3) is 0 Å². The number of ether oxygens (including phenoxy) is 1. The van der Waals surface area contributed by atoms with Crippen LogP contribution in [0.1, 0.15) is 51.0 Å². The first-order valence-corrected chi connectivity index (χ1v) is 11.2. The minimum atomic E-state index is -0.254. The molecule has 0 atom stereocenters. The van der Waals surface area contributed by atoms with Crippen molar-refractivity contribution in [3.8, 4) is 5.75 Å². The molecule has 0 bridgehead atoms. The lowest BCUT2D eigenvalue weighted by Crippen LogP contribution is -2.50. The van der Waals surface area contributed by atoms with Crippen molar-refractivity contribution < 1.29 is 9.53 Å². The van der Waals surface area contributed by atoms with E-state index in [9.17, 15) is 4.79 Å². The molecule has 7 nitrogen and oxygen atoms in total. The van der Waals surface area contributed by atoms with Crippen molar-refractivity contribution in [2.45, 2.75) is 56.9 Å². The zero-order chi connectivity index (χ0) is 21.4. The molecule has 8 heteroatoms. The van der Waals surface area contributed by atoms with E-state index in [-0.39, 0.29) is 35.3 Å². The maximum Gasteiger partial charge on any atom is 0.231 e. The maximum absolute atomic E-state index is 11.1. The smallest absolute Gasteiger partial charge is 0.231 e. The molecule has 0 spiro atoms. The molecular formula is C23H38IN5O2. The summed E-state index contributed by atoms with van der Waals surface area (Å²) < 4.78 is 5.46. The summed E-state index contributed by atoms with van der Waals surface area (Å²) in [4.78, 5) is 18.3. The summed E-state index contributed by atoms with van der Waals surface area (Å²) in [6.45, 7) is 5.82. The molecule has 1 aliphatic heterocycles. The molecule has 31 heavy (non-hydrogen) atoms. The van der Waals surface area contributed by atoms with Crippen molar-refractivity contribution in [1.82, 2.24) is 15.5 Å². The normalized spacial score (nSPS) is 19.5. The number of hydrogen-bond donors (Lipinski definition) is 3. The van der Waals surface area contributed by atoms with Crippen LogP contribution in [0, 0.1) is 0 Å². The van der Waals surface area contributed by atoms with Crippen LogP contribution in [0.15, 0.2) is 29.3 Å². The summed E-state index contributed by atoms with van der Waals surface area (Å²) in [5, 5.41) is 7.03. The average Bonchev–Trinajstić information content (AvgIpc) is 3.23. The van der Waals surface area contributed by atoms with E-state index in [0.29, 0.717) is 12.6 Å². The fraction of sp³-hybridized carbons (Fsp3) is 0.652. The monoisotopic (exact) mass is 543 g/mol. The van der Waals surface area contributed by atoms with Gasteiger partial charge in [0.15, 0.2) is 5.96 Å². The van der Waals surface area contributed by atoms with Gasteiger partial charge in [-0.05, 0) is 50.3 Å². The first kappa shape index (κ1) is 25.7. The molecule has 3 rings (SSSR count).